The van der Waals surface area contributed by atoms with Gasteiger partial charge in [-0.2, -0.15) is 4.98 Å². The number of hydrogen-bond acceptors (Lipinski definition) is 8. The number of imidazole rings is 1. The maximum atomic E-state index is 11.6. The first kappa shape index (κ1) is 16.6. The molecule has 2 atom stereocenters. The quantitative estimate of drug-likeness (QED) is 0.416. The first-order chi connectivity index (χ1) is 10.3. The minimum Gasteiger partial charge on any atom is -0.779 e. The first-order valence-electron chi connectivity index (χ1n) is 6.26. The Morgan fingerprint density at radius 1 is 1.59 bits per heavy atom. The van der Waals surface area contributed by atoms with Gasteiger partial charge in [-0.15, -0.1) is 0 Å². The van der Waals surface area contributed by atoms with Crippen molar-refractivity contribution in [3.05, 3.63) is 16.7 Å². The number of nitrogens with one attached hydrogen (secondary N) is 1. The van der Waals surface area contributed by atoms with Gasteiger partial charge in [0.2, 0.25) is 5.95 Å². The smallest absolute Gasteiger partial charge is 0.280 e. The van der Waals surface area contributed by atoms with Crippen LogP contribution in [-0.2, 0) is 16.0 Å². The SMILES string of the molecule is Nc1nc2c(ncn2COC(CO)CCP(=O)([O-])O)c(=O)[nH]1. The molecule has 0 saturated carbocycles. The van der Waals surface area contributed by atoms with Crippen LogP contribution in [0.3, 0.4) is 0 Å². The Kier molecular flexibility index (Phi) is 4.94. The Morgan fingerprint density at radius 3 is 2.95 bits per heavy atom. The van der Waals surface area contributed by atoms with E-state index in [4.69, 9.17) is 20.5 Å². The van der Waals surface area contributed by atoms with Crippen LogP contribution in [0.2, 0.25) is 0 Å². The third kappa shape index (κ3) is 4.12. The van der Waals surface area contributed by atoms with Crippen molar-refractivity contribution in [2.45, 2.75) is 19.3 Å². The molecule has 5 N–H and O–H groups in total. The second-order valence-corrected chi connectivity index (χ2v) is 6.31. The standard InChI is InChI=1S/C10H16N5O6P/c11-10-13-8-7(9(17)14-10)12-4-15(8)5-21-6(3-16)1-2-22(18,19)20/h4,6,16H,1-3,5H2,(H2,18,19,20)(H3,11,13,14,17)/p-1. The number of hydrogen-bond donors (Lipinski definition) is 4. The number of aromatic nitrogens is 4. The summed E-state index contributed by atoms with van der Waals surface area (Å²) in [6, 6.07) is 0. The highest BCUT2D eigenvalue weighted by Gasteiger charge is 2.14. The summed E-state index contributed by atoms with van der Waals surface area (Å²) in [6.07, 6.45) is -0.0680. The second-order valence-electron chi connectivity index (χ2n) is 4.59. The molecule has 12 heteroatoms. The van der Waals surface area contributed by atoms with Crippen LogP contribution < -0.4 is 16.2 Å². The number of aliphatic hydroxyl groups is 1. The van der Waals surface area contributed by atoms with E-state index in [9.17, 15) is 14.3 Å². The van der Waals surface area contributed by atoms with Gasteiger partial charge in [0.05, 0.1) is 19.0 Å². The van der Waals surface area contributed by atoms with Gasteiger partial charge < -0.3 is 29.9 Å². The number of nitrogens with zero attached hydrogens (tertiary/aromatic N) is 3. The lowest BCUT2D eigenvalue weighted by Gasteiger charge is -2.20. The van der Waals surface area contributed by atoms with E-state index in [2.05, 4.69) is 15.0 Å². The number of anilines is 1. The average molecular weight is 332 g/mol. The number of fused-ring (bicyclic) bond motifs is 1. The molecule has 0 aliphatic rings. The Hall–Kier alpha value is -1.78. The summed E-state index contributed by atoms with van der Waals surface area (Å²) in [7, 11) is -4.40. The molecule has 0 aliphatic heterocycles. The summed E-state index contributed by atoms with van der Waals surface area (Å²) < 4.78 is 17.4. The molecule has 2 unspecified atom stereocenters. The topological polar surface area (TPSA) is 179 Å². The lowest BCUT2D eigenvalue weighted by molar-refractivity contribution is -0.193. The van der Waals surface area contributed by atoms with Gasteiger partial charge in [0.25, 0.3) is 5.56 Å². The van der Waals surface area contributed by atoms with Crippen molar-refractivity contribution < 1.29 is 24.2 Å². The number of rotatable bonds is 7. The van der Waals surface area contributed by atoms with E-state index in [1.54, 1.807) is 0 Å². The third-order valence-electron chi connectivity index (χ3n) is 2.88. The van der Waals surface area contributed by atoms with Gasteiger partial charge in [-0.1, -0.05) is 0 Å². The van der Waals surface area contributed by atoms with Crippen molar-refractivity contribution in [3.63, 3.8) is 0 Å². The molecule has 0 saturated heterocycles. The normalized spacial score (nSPS) is 15.8. The van der Waals surface area contributed by atoms with Crippen LogP contribution in [-0.4, -0.2) is 48.4 Å². The Bertz CT molecular complexity index is 752. The minimum atomic E-state index is -4.40. The van der Waals surface area contributed by atoms with Gasteiger partial charge in [-0.25, -0.2) is 4.98 Å². The van der Waals surface area contributed by atoms with Crippen molar-refractivity contribution in [3.8, 4) is 0 Å². The number of nitrogens with two attached hydrogens (primary N) is 1. The van der Waals surface area contributed by atoms with Crippen molar-refractivity contribution in [1.29, 1.82) is 0 Å². The molecule has 122 valence electrons. The first-order valence-corrected chi connectivity index (χ1v) is 8.02. The monoisotopic (exact) mass is 332 g/mol. The minimum absolute atomic E-state index is 0.0729. The molecular formula is C10H15N5O6P-. The Labute approximate surface area is 123 Å². The van der Waals surface area contributed by atoms with E-state index < -0.39 is 32.0 Å². The van der Waals surface area contributed by atoms with E-state index in [-0.39, 0.29) is 30.3 Å². The lowest BCUT2D eigenvalue weighted by Crippen LogP contribution is -2.22. The van der Waals surface area contributed by atoms with Crippen molar-refractivity contribution in [2.24, 2.45) is 0 Å². The molecule has 2 aromatic heterocycles. The van der Waals surface area contributed by atoms with E-state index >= 15 is 0 Å². The van der Waals surface area contributed by atoms with Gasteiger partial charge in [0, 0.05) is 6.16 Å². The zero-order chi connectivity index (χ0) is 16.3. The molecule has 0 spiro atoms. The zero-order valence-electron chi connectivity index (χ0n) is 11.4. The van der Waals surface area contributed by atoms with E-state index in [1.165, 1.54) is 10.9 Å². The molecule has 2 rings (SSSR count). The summed E-state index contributed by atoms with van der Waals surface area (Å²) in [6.45, 7) is -0.547. The molecule has 0 aromatic carbocycles. The van der Waals surface area contributed by atoms with Crippen LogP contribution in [0, 0.1) is 0 Å². The number of aromatic amines is 1. The fourth-order valence-electron chi connectivity index (χ4n) is 1.79. The molecule has 0 amide bonds. The van der Waals surface area contributed by atoms with Gasteiger partial charge in [0.1, 0.15) is 14.3 Å². The summed E-state index contributed by atoms with van der Waals surface area (Å²) in [5.74, 6) is -0.0782. The van der Waals surface area contributed by atoms with Crippen molar-refractivity contribution in [1.82, 2.24) is 19.5 Å². The number of aliphatic hydroxyl groups excluding tert-OH is 1. The zero-order valence-corrected chi connectivity index (χ0v) is 12.3. The predicted octanol–water partition coefficient (Wildman–Crippen LogP) is -2.03. The molecule has 2 heterocycles. The van der Waals surface area contributed by atoms with E-state index in [0.717, 1.165) is 0 Å². The lowest BCUT2D eigenvalue weighted by atomic mass is 10.3. The number of ether oxygens (including phenoxy) is 1. The predicted molar refractivity (Wildman–Crippen MR) is 73.8 cm³/mol. The van der Waals surface area contributed by atoms with Crippen LogP contribution in [0.25, 0.3) is 11.2 Å². The van der Waals surface area contributed by atoms with Crippen LogP contribution in [0.4, 0.5) is 5.95 Å². The number of H-pyrrole nitrogens is 1. The number of nitrogen functional groups attached to an aromatic ring is 1. The fraction of sp³-hybridized carbons (Fsp3) is 0.500. The highest BCUT2D eigenvalue weighted by Crippen LogP contribution is 2.30. The van der Waals surface area contributed by atoms with Gasteiger partial charge in [-0.05, 0) is 6.42 Å². The summed E-state index contributed by atoms with van der Waals surface area (Å²) in [5.41, 5.74) is 5.24. The molecule has 0 fully saturated rings. The third-order valence-corrected chi connectivity index (χ3v) is 3.70. The maximum Gasteiger partial charge on any atom is 0.280 e. The van der Waals surface area contributed by atoms with Gasteiger partial charge in [0.15, 0.2) is 11.2 Å². The van der Waals surface area contributed by atoms with Crippen LogP contribution in [0.1, 0.15) is 6.42 Å². The molecule has 0 bridgehead atoms. The maximum absolute atomic E-state index is 11.6. The largest absolute Gasteiger partial charge is 0.779 e. The summed E-state index contributed by atoms with van der Waals surface area (Å²) >= 11 is 0. The fourth-order valence-corrected chi connectivity index (χ4v) is 2.40. The van der Waals surface area contributed by atoms with Crippen LogP contribution >= 0.6 is 7.60 Å². The molecule has 22 heavy (non-hydrogen) atoms. The molecule has 2 aromatic rings. The highest BCUT2D eigenvalue weighted by atomic mass is 31.2. The highest BCUT2D eigenvalue weighted by molar-refractivity contribution is 7.50. The Morgan fingerprint density at radius 2 is 2.32 bits per heavy atom. The van der Waals surface area contributed by atoms with Crippen LogP contribution in [0.15, 0.2) is 11.1 Å². The van der Waals surface area contributed by atoms with Gasteiger partial charge >= 0.3 is 0 Å². The molecule has 0 aliphatic carbocycles. The molecule has 0 radical (unpaired) electrons. The van der Waals surface area contributed by atoms with Crippen molar-refractivity contribution in [2.75, 3.05) is 18.5 Å². The summed E-state index contributed by atoms with van der Waals surface area (Å²) in [4.78, 5) is 41.1. The van der Waals surface area contributed by atoms with Crippen LogP contribution in [0.5, 0.6) is 0 Å². The average Bonchev–Trinajstić information content (AvgIpc) is 2.81. The Balaban J connectivity index is 2.07. The second kappa shape index (κ2) is 6.55. The molecule has 11 nitrogen and oxygen atoms in total. The molecular weight excluding hydrogens is 317 g/mol. The van der Waals surface area contributed by atoms with E-state index in [1.807, 2.05) is 0 Å². The summed E-state index contributed by atoms with van der Waals surface area (Å²) in [5, 5.41) is 9.14. The van der Waals surface area contributed by atoms with Crippen molar-refractivity contribution >= 4 is 24.7 Å². The van der Waals surface area contributed by atoms with Gasteiger partial charge in [-0.3, -0.25) is 14.3 Å². The van der Waals surface area contributed by atoms with E-state index in [0.29, 0.717) is 0 Å².